The lowest BCUT2D eigenvalue weighted by Crippen LogP contribution is -2.35. The molecule has 0 bridgehead atoms. The highest BCUT2D eigenvalue weighted by Gasteiger charge is 2.18. The molecule has 1 saturated heterocycles. The number of hydrogen-bond acceptors (Lipinski definition) is 4. The first-order valence-corrected chi connectivity index (χ1v) is 8.67. The van der Waals surface area contributed by atoms with Gasteiger partial charge < -0.3 is 14.2 Å². The van der Waals surface area contributed by atoms with Crippen LogP contribution in [0.15, 0.2) is 49.1 Å². The zero-order valence-electron chi connectivity index (χ0n) is 14.7. The average Bonchev–Trinajstić information content (AvgIpc) is 3.26. The first-order chi connectivity index (χ1) is 12.2. The van der Waals surface area contributed by atoms with Crippen LogP contribution in [0.25, 0.3) is 17.3 Å². The maximum Gasteiger partial charge on any atom is 0.181 e. The summed E-state index contributed by atoms with van der Waals surface area (Å²) >= 11 is 0. The number of hydrogen-bond donors (Lipinski definition) is 0. The molecule has 0 amide bonds. The van der Waals surface area contributed by atoms with Crippen LogP contribution in [0.4, 0.5) is 0 Å². The first-order valence-electron chi connectivity index (χ1n) is 8.67. The summed E-state index contributed by atoms with van der Waals surface area (Å²) in [6, 6.07) is 8.21. The van der Waals surface area contributed by atoms with E-state index in [0.29, 0.717) is 6.10 Å². The van der Waals surface area contributed by atoms with Gasteiger partial charge in [0.25, 0.3) is 0 Å². The largest absolute Gasteiger partial charge is 0.490 e. The molecule has 2 aromatic heterocycles. The second-order valence-corrected chi connectivity index (χ2v) is 6.60. The quantitative estimate of drug-likeness (QED) is 0.734. The van der Waals surface area contributed by atoms with E-state index < -0.39 is 0 Å². The van der Waals surface area contributed by atoms with Crippen LogP contribution in [0.3, 0.4) is 0 Å². The average molecular weight is 337 g/mol. The summed E-state index contributed by atoms with van der Waals surface area (Å²) in [5.74, 6) is 2.60. The number of likely N-dealkylation sites (tertiary alicyclic amines) is 1. The fraction of sp³-hybridized carbons (Fsp3) is 0.368. The maximum atomic E-state index is 6.13. The Morgan fingerprint density at radius 2 is 1.60 bits per heavy atom. The van der Waals surface area contributed by atoms with Gasteiger partial charge in [-0.15, -0.1) is 0 Å². The molecule has 4 rings (SSSR count). The molecule has 6 nitrogen and oxygen atoms in total. The van der Waals surface area contributed by atoms with E-state index in [9.17, 15) is 0 Å². The lowest BCUT2D eigenvalue weighted by molar-refractivity contribution is 0.114. The lowest BCUT2D eigenvalue weighted by atomic mass is 10.1. The summed E-state index contributed by atoms with van der Waals surface area (Å²) in [6.07, 6.45) is 9.95. The van der Waals surface area contributed by atoms with Crippen LogP contribution in [-0.4, -0.2) is 50.2 Å². The molecule has 6 heteroatoms. The summed E-state index contributed by atoms with van der Waals surface area (Å²) in [4.78, 5) is 11.2. The standard InChI is InChI=1S/C19H23N5O/c1-22-11-7-17(8-12-22)25-16-5-3-15(4-6-16)24-14-10-21-19(24)18-20-9-13-23(18)2/h3-6,9-10,13-14,17H,7-8,11-12H2,1-2H3. The van der Waals surface area contributed by atoms with Crippen LogP contribution in [-0.2, 0) is 7.05 Å². The van der Waals surface area contributed by atoms with Gasteiger partial charge in [-0.05, 0) is 44.2 Å². The van der Waals surface area contributed by atoms with E-state index >= 15 is 0 Å². The molecule has 1 aromatic carbocycles. The highest BCUT2D eigenvalue weighted by atomic mass is 16.5. The molecule has 3 aromatic rings. The Labute approximate surface area is 147 Å². The molecule has 0 atom stereocenters. The molecule has 1 aliphatic heterocycles. The van der Waals surface area contributed by atoms with Gasteiger partial charge in [-0.2, -0.15) is 0 Å². The van der Waals surface area contributed by atoms with Crippen molar-refractivity contribution < 1.29 is 4.74 Å². The number of ether oxygens (including phenoxy) is 1. The van der Waals surface area contributed by atoms with Crippen molar-refractivity contribution in [1.82, 2.24) is 24.0 Å². The zero-order chi connectivity index (χ0) is 17.2. The Bertz CT molecular complexity index is 828. The monoisotopic (exact) mass is 337 g/mol. The molecule has 0 radical (unpaired) electrons. The minimum absolute atomic E-state index is 0.318. The second-order valence-electron chi connectivity index (χ2n) is 6.60. The molecule has 0 saturated carbocycles. The summed E-state index contributed by atoms with van der Waals surface area (Å²) in [5.41, 5.74) is 1.05. The van der Waals surface area contributed by atoms with Crippen molar-refractivity contribution in [3.63, 3.8) is 0 Å². The third kappa shape index (κ3) is 3.30. The summed E-state index contributed by atoms with van der Waals surface area (Å²) in [6.45, 7) is 2.20. The van der Waals surface area contributed by atoms with Crippen molar-refractivity contribution >= 4 is 0 Å². The first kappa shape index (κ1) is 15.9. The molecular formula is C19H23N5O. The molecule has 3 heterocycles. The van der Waals surface area contributed by atoms with Crippen LogP contribution >= 0.6 is 0 Å². The fourth-order valence-corrected chi connectivity index (χ4v) is 3.24. The van der Waals surface area contributed by atoms with Crippen LogP contribution in [0.2, 0.25) is 0 Å². The van der Waals surface area contributed by atoms with E-state index in [0.717, 1.165) is 49.0 Å². The molecule has 130 valence electrons. The van der Waals surface area contributed by atoms with Gasteiger partial charge in [0.05, 0.1) is 0 Å². The molecule has 1 aliphatic rings. The number of nitrogens with zero attached hydrogens (tertiary/aromatic N) is 5. The van der Waals surface area contributed by atoms with Gasteiger partial charge >= 0.3 is 0 Å². The summed E-state index contributed by atoms with van der Waals surface area (Å²) < 4.78 is 10.1. The molecule has 0 unspecified atom stereocenters. The number of rotatable bonds is 4. The Kier molecular flexibility index (Phi) is 4.28. The summed E-state index contributed by atoms with van der Waals surface area (Å²) in [5, 5.41) is 0. The van der Waals surface area contributed by atoms with E-state index in [1.54, 1.807) is 12.4 Å². The van der Waals surface area contributed by atoms with Gasteiger partial charge in [0.2, 0.25) is 0 Å². The van der Waals surface area contributed by atoms with Crippen LogP contribution < -0.4 is 4.74 Å². The smallest absolute Gasteiger partial charge is 0.181 e. The van der Waals surface area contributed by atoms with Crippen LogP contribution in [0, 0.1) is 0 Å². The number of benzene rings is 1. The Morgan fingerprint density at radius 1 is 0.920 bits per heavy atom. The molecular weight excluding hydrogens is 314 g/mol. The van der Waals surface area contributed by atoms with Gasteiger partial charge in [0.15, 0.2) is 11.6 Å². The van der Waals surface area contributed by atoms with Gasteiger partial charge in [0, 0.05) is 50.6 Å². The van der Waals surface area contributed by atoms with Gasteiger partial charge in [-0.25, -0.2) is 9.97 Å². The molecule has 1 fully saturated rings. The van der Waals surface area contributed by atoms with E-state index in [-0.39, 0.29) is 0 Å². The van der Waals surface area contributed by atoms with Crippen LogP contribution in [0.5, 0.6) is 5.75 Å². The molecule has 0 spiro atoms. The van der Waals surface area contributed by atoms with Crippen LogP contribution in [0.1, 0.15) is 12.8 Å². The predicted molar refractivity (Wildman–Crippen MR) is 96.9 cm³/mol. The van der Waals surface area contributed by atoms with Crippen molar-refractivity contribution in [2.24, 2.45) is 7.05 Å². The van der Waals surface area contributed by atoms with Crippen molar-refractivity contribution in [3.05, 3.63) is 49.1 Å². The lowest BCUT2D eigenvalue weighted by Gasteiger charge is -2.29. The number of imidazole rings is 2. The third-order valence-electron chi connectivity index (χ3n) is 4.75. The minimum atomic E-state index is 0.318. The Morgan fingerprint density at radius 3 is 2.28 bits per heavy atom. The van der Waals surface area contributed by atoms with E-state index in [1.807, 2.05) is 40.7 Å². The number of piperidine rings is 1. The Hall–Kier alpha value is -2.60. The van der Waals surface area contributed by atoms with Crippen molar-refractivity contribution in [2.75, 3.05) is 20.1 Å². The van der Waals surface area contributed by atoms with E-state index in [4.69, 9.17) is 4.74 Å². The molecule has 0 aliphatic carbocycles. The number of aryl methyl sites for hydroxylation is 1. The fourth-order valence-electron chi connectivity index (χ4n) is 3.24. The summed E-state index contributed by atoms with van der Waals surface area (Å²) in [7, 11) is 4.13. The van der Waals surface area contributed by atoms with Gasteiger partial charge in [-0.3, -0.25) is 4.57 Å². The van der Waals surface area contributed by atoms with Gasteiger partial charge in [0.1, 0.15) is 11.9 Å². The third-order valence-corrected chi connectivity index (χ3v) is 4.75. The second kappa shape index (κ2) is 6.72. The highest BCUT2D eigenvalue weighted by molar-refractivity contribution is 5.51. The minimum Gasteiger partial charge on any atom is -0.490 e. The zero-order valence-corrected chi connectivity index (χ0v) is 14.7. The van der Waals surface area contributed by atoms with E-state index in [1.165, 1.54) is 0 Å². The maximum absolute atomic E-state index is 6.13. The predicted octanol–water partition coefficient (Wildman–Crippen LogP) is 2.75. The van der Waals surface area contributed by atoms with Crippen molar-refractivity contribution in [3.8, 4) is 23.1 Å². The number of aromatic nitrogens is 4. The van der Waals surface area contributed by atoms with Crippen molar-refractivity contribution in [2.45, 2.75) is 18.9 Å². The topological polar surface area (TPSA) is 48.1 Å². The van der Waals surface area contributed by atoms with Gasteiger partial charge in [-0.1, -0.05) is 0 Å². The molecule has 25 heavy (non-hydrogen) atoms. The normalized spacial score (nSPS) is 16.2. The van der Waals surface area contributed by atoms with Crippen molar-refractivity contribution in [1.29, 1.82) is 0 Å². The Balaban J connectivity index is 1.52. The molecule has 0 N–H and O–H groups in total. The SMILES string of the molecule is CN1CCC(Oc2ccc(-n3ccnc3-c3nccn3C)cc2)CC1. The van der Waals surface area contributed by atoms with E-state index in [2.05, 4.69) is 34.0 Å². The highest BCUT2D eigenvalue weighted by Crippen LogP contribution is 2.23.